The highest BCUT2D eigenvalue weighted by Gasteiger charge is 2.23. The molecule has 0 bridgehead atoms. The zero-order chi connectivity index (χ0) is 9.97. The molecular formula is C8H9BrN4O. The van der Waals surface area contributed by atoms with Crippen molar-refractivity contribution >= 4 is 27.9 Å². The quantitative estimate of drug-likeness (QED) is 0.844. The second-order valence-electron chi connectivity index (χ2n) is 3.10. The average molecular weight is 257 g/mol. The first-order valence-corrected chi connectivity index (χ1v) is 5.08. The highest BCUT2D eigenvalue weighted by molar-refractivity contribution is 9.10. The van der Waals surface area contributed by atoms with Crippen LogP contribution in [0, 0.1) is 0 Å². The van der Waals surface area contributed by atoms with Gasteiger partial charge in [0.25, 0.3) is 0 Å². The van der Waals surface area contributed by atoms with Gasteiger partial charge in [-0.05, 0) is 28.8 Å². The molecule has 1 aliphatic rings. The first-order chi connectivity index (χ1) is 6.74. The molecule has 1 aromatic heterocycles. The Balaban J connectivity index is 1.89. The van der Waals surface area contributed by atoms with E-state index < -0.39 is 0 Å². The van der Waals surface area contributed by atoms with E-state index in [1.54, 1.807) is 12.4 Å². The van der Waals surface area contributed by atoms with Crippen LogP contribution in [-0.2, 0) is 0 Å². The van der Waals surface area contributed by atoms with Crippen molar-refractivity contribution in [1.82, 2.24) is 15.3 Å². The molecule has 6 heteroatoms. The Hall–Kier alpha value is -1.17. The summed E-state index contributed by atoms with van der Waals surface area (Å²) in [4.78, 5) is 19.1. The van der Waals surface area contributed by atoms with Crippen LogP contribution in [0.3, 0.4) is 0 Å². The lowest BCUT2D eigenvalue weighted by atomic mass is 10.6. The molecule has 0 aliphatic heterocycles. The van der Waals surface area contributed by atoms with Crippen LogP contribution in [0.5, 0.6) is 0 Å². The number of anilines is 1. The van der Waals surface area contributed by atoms with E-state index in [1.807, 2.05) is 0 Å². The van der Waals surface area contributed by atoms with Crippen molar-refractivity contribution in [3.8, 4) is 0 Å². The van der Waals surface area contributed by atoms with Gasteiger partial charge in [0.05, 0.1) is 4.47 Å². The minimum atomic E-state index is -0.241. The summed E-state index contributed by atoms with van der Waals surface area (Å²) < 4.78 is 0.783. The van der Waals surface area contributed by atoms with Crippen LogP contribution >= 0.6 is 15.9 Å². The van der Waals surface area contributed by atoms with Gasteiger partial charge in [-0.3, -0.25) is 5.32 Å². The van der Waals surface area contributed by atoms with E-state index in [2.05, 4.69) is 36.5 Å². The predicted octanol–water partition coefficient (Wildman–Crippen LogP) is 1.52. The highest BCUT2D eigenvalue weighted by atomic mass is 79.9. The number of nitrogens with one attached hydrogen (secondary N) is 2. The van der Waals surface area contributed by atoms with Gasteiger partial charge in [0, 0.05) is 18.4 Å². The first-order valence-electron chi connectivity index (χ1n) is 4.29. The van der Waals surface area contributed by atoms with Crippen molar-refractivity contribution in [2.24, 2.45) is 0 Å². The number of halogens is 1. The molecule has 1 aliphatic carbocycles. The summed E-state index contributed by atoms with van der Waals surface area (Å²) in [7, 11) is 0. The zero-order valence-electron chi connectivity index (χ0n) is 7.33. The molecule has 0 radical (unpaired) electrons. The Bertz CT molecular complexity index is 336. The van der Waals surface area contributed by atoms with E-state index in [9.17, 15) is 4.79 Å². The number of carbonyl (C=O) groups excluding carboxylic acids is 1. The van der Waals surface area contributed by atoms with Gasteiger partial charge >= 0.3 is 6.03 Å². The maximum absolute atomic E-state index is 11.2. The zero-order valence-corrected chi connectivity index (χ0v) is 8.91. The number of amides is 2. The van der Waals surface area contributed by atoms with Crippen molar-refractivity contribution < 1.29 is 4.79 Å². The second-order valence-corrected chi connectivity index (χ2v) is 4.01. The molecule has 14 heavy (non-hydrogen) atoms. The Morgan fingerprint density at radius 2 is 2.07 bits per heavy atom. The smallest absolute Gasteiger partial charge is 0.321 e. The third kappa shape index (κ3) is 2.66. The molecule has 74 valence electrons. The second kappa shape index (κ2) is 3.91. The van der Waals surface area contributed by atoms with Gasteiger partial charge in [-0.25, -0.2) is 14.8 Å². The van der Waals surface area contributed by atoms with Crippen LogP contribution in [0.4, 0.5) is 10.7 Å². The summed E-state index contributed by atoms with van der Waals surface area (Å²) in [5.41, 5.74) is 0. The fourth-order valence-electron chi connectivity index (χ4n) is 0.928. The number of aromatic nitrogens is 2. The van der Waals surface area contributed by atoms with Crippen molar-refractivity contribution in [2.45, 2.75) is 18.9 Å². The van der Waals surface area contributed by atoms with Crippen LogP contribution in [-0.4, -0.2) is 22.0 Å². The van der Waals surface area contributed by atoms with Gasteiger partial charge < -0.3 is 5.32 Å². The number of hydrogen-bond acceptors (Lipinski definition) is 3. The molecule has 1 aromatic rings. The Labute approximate surface area is 89.5 Å². The standard InChI is InChI=1S/C8H9BrN4O/c9-5-3-10-7(11-4-5)13-8(14)12-6-1-2-6/h3-4,6H,1-2H2,(H2,10,11,12,13,14). The number of nitrogens with zero attached hydrogens (tertiary/aromatic N) is 2. The Kier molecular flexibility index (Phi) is 2.62. The molecule has 5 nitrogen and oxygen atoms in total. The summed E-state index contributed by atoms with van der Waals surface area (Å²) in [6, 6.07) is 0.0975. The lowest BCUT2D eigenvalue weighted by molar-refractivity contribution is 0.251. The van der Waals surface area contributed by atoms with Crippen molar-refractivity contribution in [1.29, 1.82) is 0 Å². The summed E-state index contributed by atoms with van der Waals surface area (Å²) in [5.74, 6) is 0.311. The van der Waals surface area contributed by atoms with Crippen LogP contribution in [0.2, 0.25) is 0 Å². The summed E-state index contributed by atoms with van der Waals surface area (Å²) >= 11 is 3.21. The van der Waals surface area contributed by atoms with Crippen molar-refractivity contribution in [3.05, 3.63) is 16.9 Å². The van der Waals surface area contributed by atoms with Gasteiger partial charge in [-0.1, -0.05) is 0 Å². The third-order valence-corrected chi connectivity index (χ3v) is 2.17. The molecule has 0 saturated heterocycles. The lowest BCUT2D eigenvalue weighted by Gasteiger charge is -2.03. The number of rotatable bonds is 2. The number of hydrogen-bond donors (Lipinski definition) is 2. The minimum absolute atomic E-state index is 0.241. The van der Waals surface area contributed by atoms with Crippen LogP contribution in [0.1, 0.15) is 12.8 Å². The fourth-order valence-corrected chi connectivity index (χ4v) is 1.13. The largest absolute Gasteiger partial charge is 0.335 e. The van der Waals surface area contributed by atoms with Gasteiger partial charge in [0.15, 0.2) is 0 Å². The molecule has 1 fully saturated rings. The molecular weight excluding hydrogens is 248 g/mol. The molecule has 2 N–H and O–H groups in total. The predicted molar refractivity (Wildman–Crippen MR) is 54.9 cm³/mol. The fraction of sp³-hybridized carbons (Fsp3) is 0.375. The maximum Gasteiger partial charge on any atom is 0.321 e. The molecule has 0 spiro atoms. The van der Waals surface area contributed by atoms with E-state index in [1.165, 1.54) is 0 Å². The SMILES string of the molecule is O=C(Nc1ncc(Br)cn1)NC1CC1. The van der Waals surface area contributed by atoms with Crippen molar-refractivity contribution in [2.75, 3.05) is 5.32 Å². The maximum atomic E-state index is 11.2. The van der Waals surface area contributed by atoms with E-state index in [4.69, 9.17) is 0 Å². The molecule has 0 aromatic carbocycles. The van der Waals surface area contributed by atoms with E-state index in [0.717, 1.165) is 17.3 Å². The molecule has 0 unspecified atom stereocenters. The number of urea groups is 1. The van der Waals surface area contributed by atoms with Gasteiger partial charge in [-0.2, -0.15) is 0 Å². The summed E-state index contributed by atoms with van der Waals surface area (Å²) in [6.07, 6.45) is 5.29. The van der Waals surface area contributed by atoms with Crippen LogP contribution in [0.15, 0.2) is 16.9 Å². The summed E-state index contributed by atoms with van der Waals surface area (Å²) in [5, 5.41) is 5.32. The van der Waals surface area contributed by atoms with Crippen LogP contribution in [0.25, 0.3) is 0 Å². The van der Waals surface area contributed by atoms with Crippen molar-refractivity contribution in [3.63, 3.8) is 0 Å². The molecule has 2 rings (SSSR count). The van der Waals surface area contributed by atoms with Gasteiger partial charge in [0.1, 0.15) is 0 Å². The molecule has 1 saturated carbocycles. The van der Waals surface area contributed by atoms with Gasteiger partial charge in [0.2, 0.25) is 5.95 Å². The first kappa shape index (κ1) is 9.39. The van der Waals surface area contributed by atoms with E-state index >= 15 is 0 Å². The molecule has 1 heterocycles. The molecule has 2 amide bonds. The van der Waals surface area contributed by atoms with E-state index in [-0.39, 0.29) is 6.03 Å². The average Bonchev–Trinajstić information content (AvgIpc) is 2.93. The lowest BCUT2D eigenvalue weighted by Crippen LogP contribution is -2.31. The molecule has 0 atom stereocenters. The topological polar surface area (TPSA) is 66.9 Å². The van der Waals surface area contributed by atoms with E-state index in [0.29, 0.717) is 12.0 Å². The number of carbonyl (C=O) groups is 1. The minimum Gasteiger partial charge on any atom is -0.335 e. The summed E-state index contributed by atoms with van der Waals surface area (Å²) in [6.45, 7) is 0. The van der Waals surface area contributed by atoms with Crippen LogP contribution < -0.4 is 10.6 Å². The third-order valence-electron chi connectivity index (χ3n) is 1.76. The monoisotopic (exact) mass is 256 g/mol. The van der Waals surface area contributed by atoms with Gasteiger partial charge in [-0.15, -0.1) is 0 Å². The Morgan fingerprint density at radius 3 is 2.64 bits per heavy atom. The Morgan fingerprint density at radius 1 is 1.43 bits per heavy atom. The highest BCUT2D eigenvalue weighted by Crippen LogP contribution is 2.18. The normalized spacial score (nSPS) is 14.9.